The van der Waals surface area contributed by atoms with E-state index in [2.05, 4.69) is 0 Å². The summed E-state index contributed by atoms with van der Waals surface area (Å²) in [5.74, 6) is 0. The van der Waals surface area contributed by atoms with Crippen LogP contribution in [0.3, 0.4) is 0 Å². The predicted molar refractivity (Wildman–Crippen MR) is 57.3 cm³/mol. The molecular formula is C10H15O3P. The van der Waals surface area contributed by atoms with Crippen molar-refractivity contribution in [3.63, 3.8) is 0 Å². The molecule has 1 aromatic carbocycles. The number of rotatable bonds is 5. The Morgan fingerprint density at radius 1 is 1.36 bits per heavy atom. The summed E-state index contributed by atoms with van der Waals surface area (Å²) in [6.45, 7) is 2.07. The van der Waals surface area contributed by atoms with Gasteiger partial charge >= 0.3 is 0 Å². The summed E-state index contributed by atoms with van der Waals surface area (Å²) in [7, 11) is -2.82. The van der Waals surface area contributed by atoms with Gasteiger partial charge in [0.05, 0.1) is 19.4 Å². The number of benzene rings is 1. The topological polar surface area (TPSA) is 46.5 Å². The van der Waals surface area contributed by atoms with Crippen LogP contribution in [0.25, 0.3) is 0 Å². The van der Waals surface area contributed by atoms with Crippen molar-refractivity contribution >= 4 is 12.7 Å². The van der Waals surface area contributed by atoms with Gasteiger partial charge in [-0.25, -0.2) is 0 Å². The van der Waals surface area contributed by atoms with Crippen LogP contribution >= 0.6 is 7.37 Å². The summed E-state index contributed by atoms with van der Waals surface area (Å²) < 4.78 is 17.5. The third-order valence-electron chi connectivity index (χ3n) is 1.88. The molecule has 0 fully saturated rings. The SMILES string of the molecule is CCOP(=O)(CCO)c1ccccc1. The van der Waals surface area contributed by atoms with Crippen molar-refractivity contribution in [1.29, 1.82) is 0 Å². The van der Waals surface area contributed by atoms with Crippen molar-refractivity contribution in [2.45, 2.75) is 6.92 Å². The second kappa shape index (κ2) is 5.30. The molecule has 0 radical (unpaired) electrons. The van der Waals surface area contributed by atoms with Crippen LogP contribution in [0.1, 0.15) is 6.92 Å². The van der Waals surface area contributed by atoms with Crippen LogP contribution in [-0.2, 0) is 9.09 Å². The van der Waals surface area contributed by atoms with Gasteiger partial charge in [-0.3, -0.25) is 4.57 Å². The first-order valence-corrected chi connectivity index (χ1v) is 6.44. The summed E-state index contributed by atoms with van der Waals surface area (Å²) in [4.78, 5) is 0. The highest BCUT2D eigenvalue weighted by Crippen LogP contribution is 2.44. The minimum Gasteiger partial charge on any atom is -0.396 e. The smallest absolute Gasteiger partial charge is 0.234 e. The summed E-state index contributed by atoms with van der Waals surface area (Å²) in [6, 6.07) is 9.04. The van der Waals surface area contributed by atoms with Crippen LogP contribution in [0.4, 0.5) is 0 Å². The first kappa shape index (κ1) is 11.4. The fourth-order valence-electron chi connectivity index (χ4n) is 1.26. The zero-order chi connectivity index (χ0) is 10.4. The second-order valence-electron chi connectivity index (χ2n) is 2.87. The minimum absolute atomic E-state index is 0.119. The van der Waals surface area contributed by atoms with Crippen molar-refractivity contribution in [2.24, 2.45) is 0 Å². The lowest BCUT2D eigenvalue weighted by Crippen LogP contribution is -2.12. The van der Waals surface area contributed by atoms with E-state index < -0.39 is 7.37 Å². The van der Waals surface area contributed by atoms with Crippen molar-refractivity contribution in [3.8, 4) is 0 Å². The van der Waals surface area contributed by atoms with Crippen LogP contribution in [0.2, 0.25) is 0 Å². The number of hydrogen-bond acceptors (Lipinski definition) is 3. The highest BCUT2D eigenvalue weighted by atomic mass is 31.2. The third-order valence-corrected chi connectivity index (χ3v) is 4.43. The Bertz CT molecular complexity index is 300. The lowest BCUT2D eigenvalue weighted by molar-refractivity contribution is 0.299. The molecule has 0 aromatic heterocycles. The molecule has 1 N–H and O–H groups in total. The summed E-state index contributed by atoms with van der Waals surface area (Å²) in [5.41, 5.74) is 0. The van der Waals surface area contributed by atoms with Gasteiger partial charge in [-0.05, 0) is 19.1 Å². The monoisotopic (exact) mass is 214 g/mol. The van der Waals surface area contributed by atoms with Crippen LogP contribution in [0.5, 0.6) is 0 Å². The van der Waals surface area contributed by atoms with Crippen molar-refractivity contribution < 1.29 is 14.2 Å². The van der Waals surface area contributed by atoms with Gasteiger partial charge in [-0.1, -0.05) is 18.2 Å². The standard InChI is InChI=1S/C10H15O3P/c1-2-13-14(12,9-8-11)10-6-4-3-5-7-10/h3-7,11H,2,8-9H2,1H3. The van der Waals surface area contributed by atoms with Gasteiger partial charge in [0.1, 0.15) is 0 Å². The van der Waals surface area contributed by atoms with Crippen molar-refractivity contribution in [3.05, 3.63) is 30.3 Å². The van der Waals surface area contributed by atoms with Gasteiger partial charge in [-0.2, -0.15) is 0 Å². The molecule has 0 aliphatic heterocycles. The van der Waals surface area contributed by atoms with Gasteiger partial charge in [0, 0.05) is 5.30 Å². The molecule has 3 nitrogen and oxygen atoms in total. The van der Waals surface area contributed by atoms with Crippen molar-refractivity contribution in [1.82, 2.24) is 0 Å². The molecule has 0 aliphatic carbocycles. The van der Waals surface area contributed by atoms with E-state index in [0.29, 0.717) is 11.9 Å². The van der Waals surface area contributed by atoms with Crippen LogP contribution in [0.15, 0.2) is 30.3 Å². The van der Waals surface area contributed by atoms with E-state index in [4.69, 9.17) is 9.63 Å². The molecule has 78 valence electrons. The molecule has 1 rings (SSSR count). The Morgan fingerprint density at radius 3 is 2.50 bits per heavy atom. The Balaban J connectivity index is 2.94. The van der Waals surface area contributed by atoms with Crippen LogP contribution < -0.4 is 5.30 Å². The number of aliphatic hydroxyl groups excluding tert-OH is 1. The maximum atomic E-state index is 12.2. The summed E-state index contributed by atoms with van der Waals surface area (Å²) >= 11 is 0. The molecule has 0 saturated heterocycles. The summed E-state index contributed by atoms with van der Waals surface area (Å²) in [6.07, 6.45) is 0.185. The molecule has 1 atom stereocenters. The van der Waals surface area contributed by atoms with Gasteiger partial charge < -0.3 is 9.63 Å². The Hall–Kier alpha value is -0.630. The highest BCUT2D eigenvalue weighted by Gasteiger charge is 2.23. The largest absolute Gasteiger partial charge is 0.396 e. The van der Waals surface area contributed by atoms with Gasteiger partial charge in [0.2, 0.25) is 7.37 Å². The first-order valence-electron chi connectivity index (χ1n) is 4.63. The molecule has 4 heteroatoms. The van der Waals surface area contributed by atoms with Crippen LogP contribution in [-0.4, -0.2) is 24.5 Å². The normalized spacial score (nSPS) is 15.0. The Kier molecular flexibility index (Phi) is 4.33. The third kappa shape index (κ3) is 2.68. The van der Waals surface area contributed by atoms with E-state index in [-0.39, 0.29) is 12.8 Å². The molecule has 0 amide bonds. The zero-order valence-corrected chi connectivity index (χ0v) is 9.11. The van der Waals surface area contributed by atoms with Gasteiger partial charge in [0.25, 0.3) is 0 Å². The molecule has 0 spiro atoms. The molecule has 1 unspecified atom stereocenters. The average Bonchev–Trinajstić information content (AvgIpc) is 2.20. The minimum atomic E-state index is -2.82. The maximum Gasteiger partial charge on any atom is 0.234 e. The Morgan fingerprint density at radius 2 is 2.00 bits per heavy atom. The zero-order valence-electron chi connectivity index (χ0n) is 8.22. The quantitative estimate of drug-likeness (QED) is 0.757. The van der Waals surface area contributed by atoms with Crippen molar-refractivity contribution in [2.75, 3.05) is 19.4 Å². The fourth-order valence-corrected chi connectivity index (χ4v) is 3.11. The van der Waals surface area contributed by atoms with E-state index in [1.165, 1.54) is 0 Å². The van der Waals surface area contributed by atoms with Gasteiger partial charge in [0.15, 0.2) is 0 Å². The maximum absolute atomic E-state index is 12.2. The molecule has 1 aromatic rings. The molecule has 0 bridgehead atoms. The highest BCUT2D eigenvalue weighted by molar-refractivity contribution is 7.67. The molecule has 0 heterocycles. The van der Waals surface area contributed by atoms with E-state index in [9.17, 15) is 4.57 Å². The molecule has 14 heavy (non-hydrogen) atoms. The van der Waals surface area contributed by atoms with E-state index in [1.807, 2.05) is 18.2 Å². The van der Waals surface area contributed by atoms with Gasteiger partial charge in [-0.15, -0.1) is 0 Å². The fraction of sp³-hybridized carbons (Fsp3) is 0.400. The van der Waals surface area contributed by atoms with E-state index in [1.54, 1.807) is 19.1 Å². The number of hydrogen-bond donors (Lipinski definition) is 1. The van der Waals surface area contributed by atoms with E-state index >= 15 is 0 Å². The first-order chi connectivity index (χ1) is 6.73. The second-order valence-corrected chi connectivity index (χ2v) is 5.44. The molecule has 0 aliphatic rings. The predicted octanol–water partition coefficient (Wildman–Crippen LogP) is 1.62. The summed E-state index contributed by atoms with van der Waals surface area (Å²) in [5, 5.41) is 9.51. The lowest BCUT2D eigenvalue weighted by Gasteiger charge is -2.16. The number of aliphatic hydroxyl groups is 1. The lowest BCUT2D eigenvalue weighted by atomic mass is 10.4. The molecule has 0 saturated carbocycles. The molecular weight excluding hydrogens is 199 g/mol. The average molecular weight is 214 g/mol. The Labute approximate surface area is 84.2 Å². The van der Waals surface area contributed by atoms with E-state index in [0.717, 1.165) is 0 Å². The van der Waals surface area contributed by atoms with Crippen LogP contribution in [0, 0.1) is 0 Å².